The van der Waals surface area contributed by atoms with Crippen LogP contribution in [-0.4, -0.2) is 31.3 Å². The van der Waals surface area contributed by atoms with E-state index in [0.717, 1.165) is 35.5 Å². The van der Waals surface area contributed by atoms with E-state index in [1.165, 1.54) is 0 Å². The standard InChI is InChI=1S/C28H27N5O3/c1-18-25(27(34)30-23-10-6-7-11-24(23)36-2)26(31-28(35)29-18)20-12-14-21(15-13-20)33-17-16-22(32-33)19-8-4-3-5-9-19/h3-15,26H,16-17H2,1-2H3,(H,30,34)(H2,29,31,35). The van der Waals surface area contributed by atoms with E-state index in [-0.39, 0.29) is 11.9 Å². The van der Waals surface area contributed by atoms with E-state index in [1.807, 2.05) is 59.6 Å². The highest BCUT2D eigenvalue weighted by Gasteiger charge is 2.31. The first kappa shape index (κ1) is 23.2. The van der Waals surface area contributed by atoms with Crippen molar-refractivity contribution in [3.8, 4) is 5.75 Å². The quantitative estimate of drug-likeness (QED) is 0.480. The predicted octanol–water partition coefficient (Wildman–Crippen LogP) is 4.58. The molecule has 1 unspecified atom stereocenters. The van der Waals surface area contributed by atoms with Crippen LogP contribution >= 0.6 is 0 Å². The van der Waals surface area contributed by atoms with Crippen LogP contribution in [0.25, 0.3) is 0 Å². The molecule has 1 atom stereocenters. The van der Waals surface area contributed by atoms with Crippen LogP contribution in [0.5, 0.6) is 5.75 Å². The Kier molecular flexibility index (Phi) is 6.40. The van der Waals surface area contributed by atoms with Crippen molar-refractivity contribution < 1.29 is 14.3 Å². The number of hydrogen-bond donors (Lipinski definition) is 3. The number of hydrazone groups is 1. The van der Waals surface area contributed by atoms with Crippen molar-refractivity contribution >= 4 is 29.0 Å². The van der Waals surface area contributed by atoms with Gasteiger partial charge in [-0.05, 0) is 42.3 Å². The van der Waals surface area contributed by atoms with Crippen LogP contribution in [0.3, 0.4) is 0 Å². The number of anilines is 2. The molecule has 0 saturated heterocycles. The molecule has 3 aromatic carbocycles. The Morgan fingerprint density at radius 2 is 1.75 bits per heavy atom. The molecule has 36 heavy (non-hydrogen) atoms. The van der Waals surface area contributed by atoms with E-state index >= 15 is 0 Å². The zero-order valence-electron chi connectivity index (χ0n) is 20.1. The SMILES string of the molecule is COc1ccccc1NC(=O)C1=C(C)NC(=O)NC1c1ccc(N2CCC(c3ccccc3)=N2)cc1. The molecular formula is C28H27N5O3. The normalized spacial score (nSPS) is 17.3. The van der Waals surface area contributed by atoms with Crippen molar-refractivity contribution in [1.82, 2.24) is 10.6 Å². The molecule has 0 aliphatic carbocycles. The smallest absolute Gasteiger partial charge is 0.319 e. The van der Waals surface area contributed by atoms with Gasteiger partial charge < -0.3 is 20.7 Å². The number of carbonyl (C=O) groups excluding carboxylic acids is 2. The molecule has 3 amide bonds. The highest BCUT2D eigenvalue weighted by atomic mass is 16.5. The van der Waals surface area contributed by atoms with Gasteiger partial charge in [0.2, 0.25) is 0 Å². The number of hydrogen-bond acceptors (Lipinski definition) is 5. The number of urea groups is 1. The third-order valence-electron chi connectivity index (χ3n) is 6.30. The zero-order valence-corrected chi connectivity index (χ0v) is 20.1. The van der Waals surface area contributed by atoms with Gasteiger partial charge in [-0.15, -0.1) is 0 Å². The summed E-state index contributed by atoms with van der Waals surface area (Å²) in [6, 6.07) is 24.2. The Labute approximate surface area is 209 Å². The summed E-state index contributed by atoms with van der Waals surface area (Å²) in [5, 5.41) is 15.3. The maximum atomic E-state index is 13.3. The second kappa shape index (κ2) is 9.95. The third kappa shape index (κ3) is 4.65. The summed E-state index contributed by atoms with van der Waals surface area (Å²) in [7, 11) is 1.55. The van der Waals surface area contributed by atoms with Crippen LogP contribution in [0.1, 0.15) is 30.5 Å². The highest BCUT2D eigenvalue weighted by molar-refractivity contribution is 6.07. The average molecular weight is 482 g/mol. The van der Waals surface area contributed by atoms with Gasteiger partial charge in [-0.25, -0.2) is 4.79 Å². The van der Waals surface area contributed by atoms with Crippen LogP contribution < -0.4 is 25.7 Å². The van der Waals surface area contributed by atoms with E-state index in [9.17, 15) is 9.59 Å². The van der Waals surface area contributed by atoms with Crippen LogP contribution in [0.2, 0.25) is 0 Å². The molecule has 182 valence electrons. The number of nitrogens with zero attached hydrogens (tertiary/aromatic N) is 2. The number of carbonyl (C=O) groups is 2. The fraction of sp³-hybridized carbons (Fsp3) is 0.179. The van der Waals surface area contributed by atoms with Crippen LogP contribution in [0.4, 0.5) is 16.2 Å². The Balaban J connectivity index is 1.38. The molecule has 0 bridgehead atoms. The molecule has 0 spiro atoms. The summed E-state index contributed by atoms with van der Waals surface area (Å²) in [5.41, 5.74) is 5.41. The van der Waals surface area contributed by atoms with Gasteiger partial charge in [-0.3, -0.25) is 9.80 Å². The third-order valence-corrected chi connectivity index (χ3v) is 6.30. The first-order chi connectivity index (χ1) is 17.5. The molecule has 8 heteroatoms. The molecule has 5 rings (SSSR count). The number of rotatable bonds is 6. The Morgan fingerprint density at radius 3 is 2.50 bits per heavy atom. The minimum absolute atomic E-state index is 0.324. The maximum Gasteiger partial charge on any atom is 0.319 e. The lowest BCUT2D eigenvalue weighted by molar-refractivity contribution is -0.113. The average Bonchev–Trinajstić information content (AvgIpc) is 3.39. The molecule has 0 aromatic heterocycles. The number of amides is 3. The van der Waals surface area contributed by atoms with Crippen LogP contribution in [0.15, 0.2) is 95.2 Å². The van der Waals surface area contributed by atoms with Crippen molar-refractivity contribution in [3.05, 3.63) is 101 Å². The minimum Gasteiger partial charge on any atom is -0.495 e. The van der Waals surface area contributed by atoms with Gasteiger partial charge in [0.25, 0.3) is 5.91 Å². The van der Waals surface area contributed by atoms with Crippen molar-refractivity contribution in [2.75, 3.05) is 24.0 Å². The number of allylic oxidation sites excluding steroid dienone is 1. The molecule has 0 saturated carbocycles. The van der Waals surface area contributed by atoms with E-state index in [2.05, 4.69) is 28.1 Å². The Morgan fingerprint density at radius 1 is 1.03 bits per heavy atom. The monoisotopic (exact) mass is 481 g/mol. The van der Waals surface area contributed by atoms with Gasteiger partial charge in [0.05, 0.1) is 35.8 Å². The molecule has 8 nitrogen and oxygen atoms in total. The molecule has 0 radical (unpaired) electrons. The first-order valence-corrected chi connectivity index (χ1v) is 11.8. The summed E-state index contributed by atoms with van der Waals surface area (Å²) in [6.07, 6.45) is 0.866. The lowest BCUT2D eigenvalue weighted by Crippen LogP contribution is -2.46. The van der Waals surface area contributed by atoms with Gasteiger partial charge in [0.15, 0.2) is 0 Å². The predicted molar refractivity (Wildman–Crippen MR) is 140 cm³/mol. The summed E-state index contributed by atoms with van der Waals surface area (Å²) in [6.45, 7) is 2.51. The molecule has 3 aromatic rings. The fourth-order valence-corrected chi connectivity index (χ4v) is 4.50. The lowest BCUT2D eigenvalue weighted by atomic mass is 9.94. The Hall–Kier alpha value is -4.59. The van der Waals surface area contributed by atoms with Crippen molar-refractivity contribution in [3.63, 3.8) is 0 Å². The van der Waals surface area contributed by atoms with E-state index < -0.39 is 6.04 Å². The van der Waals surface area contributed by atoms with E-state index in [4.69, 9.17) is 9.84 Å². The molecule has 0 fully saturated rings. The molecule has 3 N–H and O–H groups in total. The second-order valence-electron chi connectivity index (χ2n) is 8.60. The van der Waals surface area contributed by atoms with Gasteiger partial charge in [-0.2, -0.15) is 5.10 Å². The molecule has 2 aliphatic rings. The molecule has 2 aliphatic heterocycles. The van der Waals surface area contributed by atoms with Gasteiger partial charge in [0.1, 0.15) is 5.75 Å². The number of methoxy groups -OCH3 is 1. The van der Waals surface area contributed by atoms with Crippen molar-refractivity contribution in [1.29, 1.82) is 0 Å². The first-order valence-electron chi connectivity index (χ1n) is 11.8. The van der Waals surface area contributed by atoms with Crippen LogP contribution in [0, 0.1) is 0 Å². The molecule has 2 heterocycles. The number of ether oxygens (including phenoxy) is 1. The van der Waals surface area contributed by atoms with E-state index in [0.29, 0.717) is 22.7 Å². The largest absolute Gasteiger partial charge is 0.495 e. The van der Waals surface area contributed by atoms with Gasteiger partial charge >= 0.3 is 6.03 Å². The second-order valence-corrected chi connectivity index (χ2v) is 8.60. The summed E-state index contributed by atoms with van der Waals surface area (Å²) in [4.78, 5) is 25.6. The summed E-state index contributed by atoms with van der Waals surface area (Å²) < 4.78 is 5.36. The minimum atomic E-state index is -0.607. The van der Waals surface area contributed by atoms with E-state index in [1.54, 1.807) is 26.2 Å². The summed E-state index contributed by atoms with van der Waals surface area (Å²) in [5.74, 6) is 0.231. The zero-order chi connectivity index (χ0) is 25.1. The lowest BCUT2D eigenvalue weighted by Gasteiger charge is -2.29. The summed E-state index contributed by atoms with van der Waals surface area (Å²) >= 11 is 0. The van der Waals surface area contributed by atoms with Gasteiger partial charge in [0, 0.05) is 18.7 Å². The van der Waals surface area contributed by atoms with Gasteiger partial charge in [-0.1, -0.05) is 54.6 Å². The molecular weight excluding hydrogens is 454 g/mol. The number of para-hydroxylation sites is 2. The highest BCUT2D eigenvalue weighted by Crippen LogP contribution is 2.31. The Bertz CT molecular complexity index is 1350. The number of nitrogens with one attached hydrogen (secondary N) is 3. The topological polar surface area (TPSA) is 95.1 Å². The fourth-order valence-electron chi connectivity index (χ4n) is 4.50. The number of benzene rings is 3. The maximum absolute atomic E-state index is 13.3. The van der Waals surface area contributed by atoms with Crippen LogP contribution in [-0.2, 0) is 4.79 Å². The van der Waals surface area contributed by atoms with Crippen molar-refractivity contribution in [2.45, 2.75) is 19.4 Å². The van der Waals surface area contributed by atoms with Crippen molar-refractivity contribution in [2.24, 2.45) is 5.10 Å².